The average Bonchev–Trinajstić information content (AvgIpc) is 3.37. The highest BCUT2D eigenvalue weighted by Crippen LogP contribution is 2.23. The molecule has 1 aliphatic heterocycles. The molecular formula is C61H119NO9. The van der Waals surface area contributed by atoms with Crippen LogP contribution in [0.5, 0.6) is 0 Å². The molecule has 1 amide bonds. The predicted molar refractivity (Wildman–Crippen MR) is 297 cm³/mol. The van der Waals surface area contributed by atoms with Crippen LogP contribution < -0.4 is 5.32 Å². The molecule has 0 aliphatic carbocycles. The van der Waals surface area contributed by atoms with Crippen LogP contribution in [-0.4, -0.2) is 98.7 Å². The second-order valence-electron chi connectivity index (χ2n) is 22.0. The lowest BCUT2D eigenvalue weighted by Crippen LogP contribution is -2.60. The van der Waals surface area contributed by atoms with E-state index in [4.69, 9.17) is 9.47 Å². The molecule has 0 saturated carbocycles. The highest BCUT2D eigenvalue weighted by atomic mass is 16.7. The monoisotopic (exact) mass is 1010 g/mol. The fourth-order valence-electron chi connectivity index (χ4n) is 10.2. The van der Waals surface area contributed by atoms with Gasteiger partial charge in [0.2, 0.25) is 5.91 Å². The van der Waals surface area contributed by atoms with Crippen LogP contribution in [-0.2, 0) is 14.3 Å². The summed E-state index contributed by atoms with van der Waals surface area (Å²) in [6.45, 7) is 3.66. The molecule has 0 radical (unpaired) electrons. The second kappa shape index (κ2) is 51.0. The van der Waals surface area contributed by atoms with E-state index in [1.165, 1.54) is 244 Å². The van der Waals surface area contributed by atoms with Crippen molar-refractivity contribution < 1.29 is 44.9 Å². The van der Waals surface area contributed by atoms with Gasteiger partial charge in [-0.2, -0.15) is 0 Å². The van der Waals surface area contributed by atoms with Crippen LogP contribution in [0.1, 0.15) is 309 Å². The summed E-state index contributed by atoms with van der Waals surface area (Å²) in [5.74, 6) is -0.609. The van der Waals surface area contributed by atoms with Gasteiger partial charge in [0.15, 0.2) is 6.29 Å². The molecule has 0 aromatic carbocycles. The molecule has 1 rings (SSSR count). The van der Waals surface area contributed by atoms with Gasteiger partial charge in [0.1, 0.15) is 30.5 Å². The van der Waals surface area contributed by atoms with E-state index in [-0.39, 0.29) is 6.61 Å². The fraction of sp³-hybridized carbons (Fsp3) is 0.951. The molecule has 10 nitrogen and oxygen atoms in total. The third-order valence-electron chi connectivity index (χ3n) is 15.2. The highest BCUT2D eigenvalue weighted by molar-refractivity contribution is 5.80. The molecule has 0 bridgehead atoms. The Morgan fingerprint density at radius 2 is 0.803 bits per heavy atom. The first-order valence-corrected chi connectivity index (χ1v) is 31.0. The third kappa shape index (κ3) is 39.9. The summed E-state index contributed by atoms with van der Waals surface area (Å²) in [5.41, 5.74) is 0. The van der Waals surface area contributed by atoms with Crippen molar-refractivity contribution >= 4 is 5.91 Å². The molecule has 71 heavy (non-hydrogen) atoms. The van der Waals surface area contributed by atoms with Crippen molar-refractivity contribution in [2.45, 2.75) is 358 Å². The number of amides is 1. The van der Waals surface area contributed by atoms with Crippen molar-refractivity contribution in [1.82, 2.24) is 5.32 Å². The molecule has 0 spiro atoms. The molecule has 422 valence electrons. The van der Waals surface area contributed by atoms with E-state index in [1.807, 2.05) is 6.08 Å². The Hall–Kier alpha value is -1.11. The number of carbonyl (C=O) groups is 1. The molecule has 7 N–H and O–H groups in total. The van der Waals surface area contributed by atoms with Crippen molar-refractivity contribution in [3.8, 4) is 0 Å². The van der Waals surface area contributed by atoms with Gasteiger partial charge >= 0.3 is 0 Å². The normalized spacial score (nSPS) is 19.7. The molecule has 0 aromatic heterocycles. The van der Waals surface area contributed by atoms with Crippen molar-refractivity contribution in [3.05, 3.63) is 12.2 Å². The number of carbonyl (C=O) groups excluding carboxylic acids is 1. The Morgan fingerprint density at radius 3 is 1.14 bits per heavy atom. The van der Waals surface area contributed by atoms with Gasteiger partial charge in [-0.1, -0.05) is 302 Å². The lowest BCUT2D eigenvalue weighted by molar-refractivity contribution is -0.302. The average molecular weight is 1010 g/mol. The number of hydrogen-bond donors (Lipinski definition) is 7. The largest absolute Gasteiger partial charge is 0.394 e. The number of unbranched alkanes of at least 4 members (excludes halogenated alkanes) is 43. The van der Waals surface area contributed by atoms with E-state index in [0.717, 1.165) is 44.9 Å². The van der Waals surface area contributed by atoms with E-state index in [1.54, 1.807) is 6.08 Å². The van der Waals surface area contributed by atoms with Crippen LogP contribution in [0.2, 0.25) is 0 Å². The van der Waals surface area contributed by atoms with Crippen LogP contribution in [0.15, 0.2) is 12.2 Å². The fourth-order valence-corrected chi connectivity index (χ4v) is 10.2. The number of ether oxygens (including phenoxy) is 2. The first-order chi connectivity index (χ1) is 34.8. The van der Waals surface area contributed by atoms with E-state index in [2.05, 4.69) is 19.2 Å². The topological polar surface area (TPSA) is 169 Å². The van der Waals surface area contributed by atoms with Crippen molar-refractivity contribution in [3.63, 3.8) is 0 Å². The standard InChI is InChI=1S/C61H119NO9/c1-3-5-7-9-11-13-15-17-19-21-22-23-24-25-26-27-28-29-30-31-32-33-34-36-38-40-42-44-46-48-50-55(65)60(69)62-53(52-70-61-59(68)58(67)57(66)56(51-63)71-61)54(64)49-47-45-43-41-39-37-35-20-18-16-14-12-10-8-6-4-2/h47,49,53-59,61,63-68H,3-46,48,50-52H2,1-2H3,(H,62,69)/b49-47+. The molecule has 1 heterocycles. The molecule has 1 saturated heterocycles. The molecule has 8 atom stereocenters. The van der Waals surface area contributed by atoms with Gasteiger partial charge in [0.25, 0.3) is 0 Å². The van der Waals surface area contributed by atoms with E-state index in [0.29, 0.717) is 6.42 Å². The van der Waals surface area contributed by atoms with Gasteiger partial charge in [0, 0.05) is 0 Å². The zero-order chi connectivity index (χ0) is 51.7. The van der Waals surface area contributed by atoms with E-state index in [9.17, 15) is 35.4 Å². The number of allylic oxidation sites excluding steroid dienone is 1. The summed E-state index contributed by atoms with van der Waals surface area (Å²) < 4.78 is 11.2. The van der Waals surface area contributed by atoms with Gasteiger partial charge in [-0.15, -0.1) is 0 Å². The van der Waals surface area contributed by atoms with Crippen LogP contribution in [0.3, 0.4) is 0 Å². The second-order valence-corrected chi connectivity index (χ2v) is 22.0. The number of hydrogen-bond acceptors (Lipinski definition) is 9. The SMILES string of the molecule is CCCCCCCCCCCCCCCC/C=C/C(O)C(COC1OC(CO)C(O)C(O)C1O)NC(=O)C(O)CCCCCCCCCCCCCCCCCCCCCCCCCCCCCCCC. The van der Waals surface area contributed by atoms with Crippen LogP contribution >= 0.6 is 0 Å². The number of rotatable bonds is 54. The Bertz CT molecular complexity index is 1140. The number of aliphatic hydroxyl groups excluding tert-OH is 6. The Kier molecular flexibility index (Phi) is 48.8. The first kappa shape index (κ1) is 67.9. The van der Waals surface area contributed by atoms with Gasteiger partial charge in [-0.3, -0.25) is 4.79 Å². The third-order valence-corrected chi connectivity index (χ3v) is 15.2. The molecular weight excluding hydrogens is 891 g/mol. The maximum atomic E-state index is 13.1. The van der Waals surface area contributed by atoms with E-state index >= 15 is 0 Å². The summed E-state index contributed by atoms with van der Waals surface area (Å²) in [6, 6.07) is -0.976. The highest BCUT2D eigenvalue weighted by Gasteiger charge is 2.44. The minimum Gasteiger partial charge on any atom is -0.394 e. The number of aliphatic hydroxyl groups is 6. The Labute approximate surface area is 438 Å². The Balaban J connectivity index is 2.17. The summed E-state index contributed by atoms with van der Waals surface area (Å²) in [6.07, 6.45) is 53.3. The van der Waals surface area contributed by atoms with Gasteiger partial charge in [0.05, 0.1) is 25.4 Å². The maximum absolute atomic E-state index is 13.1. The maximum Gasteiger partial charge on any atom is 0.249 e. The summed E-state index contributed by atoms with van der Waals surface area (Å²) in [5, 5.41) is 65.1. The minimum atomic E-state index is -1.61. The Morgan fingerprint density at radius 1 is 0.479 bits per heavy atom. The molecule has 8 unspecified atom stereocenters. The molecule has 0 aromatic rings. The lowest BCUT2D eigenvalue weighted by atomic mass is 9.99. The zero-order valence-electron chi connectivity index (χ0n) is 46.6. The summed E-state index contributed by atoms with van der Waals surface area (Å²) in [4.78, 5) is 13.1. The van der Waals surface area contributed by atoms with E-state index < -0.39 is 61.5 Å². The quantitative estimate of drug-likeness (QED) is 0.0232. The van der Waals surface area contributed by atoms with Gasteiger partial charge in [-0.05, 0) is 19.3 Å². The zero-order valence-corrected chi connectivity index (χ0v) is 46.6. The minimum absolute atomic E-state index is 0.300. The van der Waals surface area contributed by atoms with Crippen molar-refractivity contribution in [2.75, 3.05) is 13.2 Å². The van der Waals surface area contributed by atoms with Crippen LogP contribution in [0.25, 0.3) is 0 Å². The first-order valence-electron chi connectivity index (χ1n) is 31.0. The van der Waals surface area contributed by atoms with Gasteiger partial charge in [-0.25, -0.2) is 0 Å². The lowest BCUT2D eigenvalue weighted by Gasteiger charge is -2.40. The van der Waals surface area contributed by atoms with Gasteiger partial charge < -0.3 is 45.4 Å². The molecule has 10 heteroatoms. The van der Waals surface area contributed by atoms with Crippen LogP contribution in [0, 0.1) is 0 Å². The van der Waals surface area contributed by atoms with Crippen molar-refractivity contribution in [1.29, 1.82) is 0 Å². The molecule has 1 fully saturated rings. The smallest absolute Gasteiger partial charge is 0.249 e. The summed E-state index contributed by atoms with van der Waals surface area (Å²) in [7, 11) is 0. The number of nitrogens with one attached hydrogen (secondary N) is 1. The predicted octanol–water partition coefficient (Wildman–Crippen LogP) is 14.6. The van der Waals surface area contributed by atoms with Crippen molar-refractivity contribution in [2.24, 2.45) is 0 Å². The summed E-state index contributed by atoms with van der Waals surface area (Å²) >= 11 is 0. The van der Waals surface area contributed by atoms with Crippen LogP contribution in [0.4, 0.5) is 0 Å². The molecule has 1 aliphatic rings.